The normalized spacial score (nSPS) is 11.8. The molecule has 2 heteroatoms. The number of thiazole rings is 1. The van der Waals surface area contributed by atoms with E-state index in [1.54, 1.807) is 0 Å². The maximum atomic E-state index is 4.84. The molecule has 0 N–H and O–H groups in total. The number of hydrogen-bond acceptors (Lipinski definition) is 2. The van der Waals surface area contributed by atoms with Gasteiger partial charge in [0.2, 0.25) is 0 Å². The SMILES string of the molecule is CCc1sc(C(C)(C)C)nc1-c1ccccc1. The summed E-state index contributed by atoms with van der Waals surface area (Å²) in [4.78, 5) is 6.23. The molecule has 0 atom stereocenters. The van der Waals surface area contributed by atoms with Crippen LogP contribution in [0, 0.1) is 0 Å². The van der Waals surface area contributed by atoms with Crippen LogP contribution < -0.4 is 0 Å². The molecular formula is C15H19NS. The summed E-state index contributed by atoms with van der Waals surface area (Å²) in [5, 5.41) is 1.23. The Morgan fingerprint density at radius 1 is 1.12 bits per heavy atom. The second-order valence-electron chi connectivity index (χ2n) is 5.26. The van der Waals surface area contributed by atoms with E-state index in [0.717, 1.165) is 6.42 Å². The molecule has 90 valence electrons. The van der Waals surface area contributed by atoms with Gasteiger partial charge in [0.25, 0.3) is 0 Å². The Balaban J connectivity index is 2.51. The van der Waals surface area contributed by atoms with E-state index in [9.17, 15) is 0 Å². The first kappa shape index (κ1) is 12.3. The van der Waals surface area contributed by atoms with Gasteiger partial charge in [-0.2, -0.15) is 0 Å². The summed E-state index contributed by atoms with van der Waals surface area (Å²) in [6.07, 6.45) is 1.05. The molecule has 0 unspecified atom stereocenters. The molecule has 0 fully saturated rings. The highest BCUT2D eigenvalue weighted by atomic mass is 32.1. The molecule has 1 aromatic heterocycles. The van der Waals surface area contributed by atoms with E-state index in [-0.39, 0.29) is 5.41 Å². The summed E-state index contributed by atoms with van der Waals surface area (Å²) in [5.41, 5.74) is 2.54. The quantitative estimate of drug-likeness (QED) is 0.749. The zero-order chi connectivity index (χ0) is 12.5. The number of benzene rings is 1. The minimum atomic E-state index is 0.140. The van der Waals surface area contributed by atoms with Crippen LogP contribution in [0.15, 0.2) is 30.3 Å². The fraction of sp³-hybridized carbons (Fsp3) is 0.400. The van der Waals surface area contributed by atoms with Gasteiger partial charge in [-0.15, -0.1) is 11.3 Å². The molecule has 0 aliphatic carbocycles. The highest BCUT2D eigenvalue weighted by molar-refractivity contribution is 7.12. The lowest BCUT2D eigenvalue weighted by atomic mass is 9.98. The average molecular weight is 245 g/mol. The third-order valence-electron chi connectivity index (χ3n) is 2.71. The molecule has 0 saturated heterocycles. The van der Waals surface area contributed by atoms with E-state index in [0.29, 0.717) is 0 Å². The van der Waals surface area contributed by atoms with Crippen molar-refractivity contribution in [2.45, 2.75) is 39.5 Å². The van der Waals surface area contributed by atoms with Crippen molar-refractivity contribution in [1.82, 2.24) is 4.98 Å². The molecule has 1 aromatic carbocycles. The van der Waals surface area contributed by atoms with Crippen LogP contribution in [0.25, 0.3) is 11.3 Å². The zero-order valence-electron chi connectivity index (χ0n) is 10.9. The van der Waals surface area contributed by atoms with Gasteiger partial charge in [0.15, 0.2) is 0 Å². The van der Waals surface area contributed by atoms with Gasteiger partial charge in [-0.25, -0.2) is 4.98 Å². The number of aromatic nitrogens is 1. The van der Waals surface area contributed by atoms with Crippen LogP contribution in [0.1, 0.15) is 37.6 Å². The summed E-state index contributed by atoms with van der Waals surface area (Å²) in [5.74, 6) is 0. The van der Waals surface area contributed by atoms with Crippen molar-refractivity contribution in [1.29, 1.82) is 0 Å². The molecule has 0 spiro atoms. The predicted molar refractivity (Wildman–Crippen MR) is 75.6 cm³/mol. The van der Waals surface area contributed by atoms with Crippen molar-refractivity contribution in [2.24, 2.45) is 0 Å². The molecule has 0 radical (unpaired) electrons. The Kier molecular flexibility index (Phi) is 3.34. The van der Waals surface area contributed by atoms with Crippen LogP contribution in [0.5, 0.6) is 0 Å². The summed E-state index contributed by atoms with van der Waals surface area (Å²) >= 11 is 1.85. The lowest BCUT2D eigenvalue weighted by Gasteiger charge is -2.13. The highest BCUT2D eigenvalue weighted by Gasteiger charge is 2.21. The summed E-state index contributed by atoms with van der Waals surface area (Å²) in [6, 6.07) is 10.5. The molecule has 17 heavy (non-hydrogen) atoms. The smallest absolute Gasteiger partial charge is 0.0988 e. The first-order valence-electron chi connectivity index (χ1n) is 6.08. The fourth-order valence-corrected chi connectivity index (χ4v) is 2.81. The lowest BCUT2D eigenvalue weighted by molar-refractivity contribution is 0.586. The van der Waals surface area contributed by atoms with Crippen LogP contribution >= 0.6 is 11.3 Å². The van der Waals surface area contributed by atoms with E-state index < -0.39 is 0 Å². The highest BCUT2D eigenvalue weighted by Crippen LogP contribution is 2.34. The van der Waals surface area contributed by atoms with Gasteiger partial charge >= 0.3 is 0 Å². The van der Waals surface area contributed by atoms with Crippen molar-refractivity contribution in [3.05, 3.63) is 40.2 Å². The molecule has 1 nitrogen and oxygen atoms in total. The van der Waals surface area contributed by atoms with E-state index in [4.69, 9.17) is 4.98 Å². The summed E-state index contributed by atoms with van der Waals surface area (Å²) in [6.45, 7) is 8.87. The van der Waals surface area contributed by atoms with Gasteiger partial charge in [-0.05, 0) is 6.42 Å². The third kappa shape index (κ3) is 2.58. The lowest BCUT2D eigenvalue weighted by Crippen LogP contribution is -2.10. The monoisotopic (exact) mass is 245 g/mol. The van der Waals surface area contributed by atoms with Gasteiger partial charge in [0.05, 0.1) is 10.7 Å². The number of nitrogens with zero attached hydrogens (tertiary/aromatic N) is 1. The third-order valence-corrected chi connectivity index (χ3v) is 4.33. The molecule has 0 saturated carbocycles. The molecule has 2 rings (SSSR count). The van der Waals surface area contributed by atoms with Crippen LogP contribution in [-0.4, -0.2) is 4.98 Å². The second-order valence-corrected chi connectivity index (χ2v) is 6.34. The standard InChI is InChI=1S/C15H19NS/c1-5-12-13(11-9-7-6-8-10-11)16-14(17-12)15(2,3)4/h6-10H,5H2,1-4H3. The number of aryl methyl sites for hydroxylation is 1. The summed E-state index contributed by atoms with van der Waals surface area (Å²) in [7, 11) is 0. The van der Waals surface area contributed by atoms with Gasteiger partial charge in [0.1, 0.15) is 0 Å². The molecule has 2 aromatic rings. The molecule has 0 aliphatic heterocycles. The van der Waals surface area contributed by atoms with Crippen LogP contribution in [0.2, 0.25) is 0 Å². The minimum Gasteiger partial charge on any atom is -0.240 e. The Labute approximate surface area is 108 Å². The Morgan fingerprint density at radius 2 is 1.76 bits per heavy atom. The molecule has 0 aliphatic rings. The Morgan fingerprint density at radius 3 is 2.29 bits per heavy atom. The largest absolute Gasteiger partial charge is 0.240 e. The topological polar surface area (TPSA) is 12.9 Å². The van der Waals surface area contributed by atoms with E-state index in [1.807, 2.05) is 17.4 Å². The van der Waals surface area contributed by atoms with E-state index in [1.165, 1.54) is 21.1 Å². The van der Waals surface area contributed by atoms with Crippen LogP contribution in [-0.2, 0) is 11.8 Å². The predicted octanol–water partition coefficient (Wildman–Crippen LogP) is 4.67. The van der Waals surface area contributed by atoms with Crippen molar-refractivity contribution in [3.63, 3.8) is 0 Å². The van der Waals surface area contributed by atoms with E-state index >= 15 is 0 Å². The Bertz CT molecular complexity index is 491. The van der Waals surface area contributed by atoms with Crippen LogP contribution in [0.4, 0.5) is 0 Å². The van der Waals surface area contributed by atoms with Crippen molar-refractivity contribution in [3.8, 4) is 11.3 Å². The van der Waals surface area contributed by atoms with Crippen molar-refractivity contribution >= 4 is 11.3 Å². The van der Waals surface area contributed by atoms with E-state index in [2.05, 4.69) is 52.0 Å². The zero-order valence-corrected chi connectivity index (χ0v) is 11.8. The van der Waals surface area contributed by atoms with Crippen LogP contribution in [0.3, 0.4) is 0 Å². The van der Waals surface area contributed by atoms with Crippen molar-refractivity contribution < 1.29 is 0 Å². The molecule has 0 bridgehead atoms. The van der Waals surface area contributed by atoms with Gasteiger partial charge in [-0.1, -0.05) is 58.0 Å². The minimum absolute atomic E-state index is 0.140. The number of rotatable bonds is 2. The maximum absolute atomic E-state index is 4.84. The fourth-order valence-electron chi connectivity index (χ4n) is 1.73. The van der Waals surface area contributed by atoms with Gasteiger partial charge in [0, 0.05) is 15.9 Å². The maximum Gasteiger partial charge on any atom is 0.0988 e. The molecule has 1 heterocycles. The first-order chi connectivity index (χ1) is 8.02. The Hall–Kier alpha value is -1.15. The second kappa shape index (κ2) is 4.61. The molecular weight excluding hydrogens is 226 g/mol. The first-order valence-corrected chi connectivity index (χ1v) is 6.89. The number of hydrogen-bond donors (Lipinski definition) is 0. The summed E-state index contributed by atoms with van der Waals surface area (Å²) < 4.78 is 0. The molecule has 0 amide bonds. The average Bonchev–Trinajstić information content (AvgIpc) is 2.73. The van der Waals surface area contributed by atoms with Gasteiger partial charge < -0.3 is 0 Å². The van der Waals surface area contributed by atoms with Crippen molar-refractivity contribution in [2.75, 3.05) is 0 Å². The van der Waals surface area contributed by atoms with Gasteiger partial charge in [-0.3, -0.25) is 0 Å².